The molecule has 130 valence electrons. The van der Waals surface area contributed by atoms with Gasteiger partial charge in [0.05, 0.1) is 5.69 Å². The summed E-state index contributed by atoms with van der Waals surface area (Å²) in [5.41, 5.74) is 7.22. The highest BCUT2D eigenvalue weighted by molar-refractivity contribution is 7.11. The number of nitriles is 1. The molecule has 3 rings (SSSR count). The molecular weight excluding hydrogens is 338 g/mol. The van der Waals surface area contributed by atoms with Gasteiger partial charge in [-0.2, -0.15) is 5.26 Å². The lowest BCUT2D eigenvalue weighted by Gasteiger charge is -2.08. The molecule has 0 aliphatic rings. The number of nitrogens with zero attached hydrogens (tertiary/aromatic N) is 2. The summed E-state index contributed by atoms with van der Waals surface area (Å²) >= 11 is 1.49. The van der Waals surface area contributed by atoms with Crippen LogP contribution < -0.4 is 5.32 Å². The van der Waals surface area contributed by atoms with E-state index in [0.29, 0.717) is 5.57 Å². The molecule has 0 atom stereocenters. The zero-order chi connectivity index (χ0) is 18.5. The molecule has 0 bridgehead atoms. The molecule has 0 aliphatic carbocycles. The van der Waals surface area contributed by atoms with Crippen LogP contribution in [0.1, 0.15) is 28.6 Å². The highest BCUT2D eigenvalue weighted by atomic mass is 32.1. The van der Waals surface area contributed by atoms with E-state index >= 15 is 0 Å². The number of hydrogen-bond acceptors (Lipinski definition) is 4. The van der Waals surface area contributed by atoms with Crippen molar-refractivity contribution in [3.8, 4) is 17.3 Å². The van der Waals surface area contributed by atoms with E-state index in [1.807, 2.05) is 17.5 Å². The van der Waals surface area contributed by atoms with Gasteiger partial charge in [-0.05, 0) is 43.0 Å². The van der Waals surface area contributed by atoms with Gasteiger partial charge in [0.2, 0.25) is 0 Å². The molecule has 0 aliphatic heterocycles. The second-order valence-electron chi connectivity index (χ2n) is 6.15. The first-order chi connectivity index (χ1) is 12.6. The molecule has 0 amide bonds. The zero-order valence-electron chi connectivity index (χ0n) is 15.2. The van der Waals surface area contributed by atoms with Crippen molar-refractivity contribution in [1.29, 1.82) is 5.26 Å². The molecule has 2 aromatic carbocycles. The van der Waals surface area contributed by atoms with Crippen molar-refractivity contribution < 1.29 is 0 Å². The van der Waals surface area contributed by atoms with Crippen LogP contribution in [0.3, 0.4) is 0 Å². The number of aryl methyl sites for hydroxylation is 2. The molecule has 1 heterocycles. The van der Waals surface area contributed by atoms with E-state index in [4.69, 9.17) is 0 Å². The van der Waals surface area contributed by atoms with Gasteiger partial charge in [-0.3, -0.25) is 0 Å². The molecule has 4 heteroatoms. The Morgan fingerprint density at radius 3 is 2.65 bits per heavy atom. The minimum Gasteiger partial charge on any atom is -0.360 e. The topological polar surface area (TPSA) is 48.7 Å². The van der Waals surface area contributed by atoms with Gasteiger partial charge in [0, 0.05) is 22.8 Å². The fraction of sp³-hybridized carbons (Fsp3) is 0.182. The van der Waals surface area contributed by atoms with Crippen LogP contribution in [-0.4, -0.2) is 4.98 Å². The molecule has 0 saturated carbocycles. The maximum Gasteiger partial charge on any atom is 0.136 e. The van der Waals surface area contributed by atoms with Crippen LogP contribution in [0, 0.1) is 25.2 Å². The van der Waals surface area contributed by atoms with Crippen molar-refractivity contribution in [1.82, 2.24) is 4.98 Å². The Morgan fingerprint density at radius 1 is 1.19 bits per heavy atom. The van der Waals surface area contributed by atoms with Gasteiger partial charge in [-0.25, -0.2) is 4.98 Å². The first-order valence-corrected chi connectivity index (χ1v) is 9.48. The third kappa shape index (κ3) is 3.84. The van der Waals surface area contributed by atoms with E-state index in [0.717, 1.165) is 28.4 Å². The monoisotopic (exact) mass is 359 g/mol. The van der Waals surface area contributed by atoms with E-state index in [1.165, 1.54) is 28.0 Å². The van der Waals surface area contributed by atoms with E-state index < -0.39 is 0 Å². The number of anilines is 1. The second kappa shape index (κ2) is 7.99. The lowest BCUT2D eigenvalue weighted by atomic mass is 10.1. The van der Waals surface area contributed by atoms with Gasteiger partial charge >= 0.3 is 0 Å². The summed E-state index contributed by atoms with van der Waals surface area (Å²) in [6.45, 7) is 6.29. The Kier molecular flexibility index (Phi) is 5.50. The Balaban J connectivity index is 1.83. The number of nitrogens with one attached hydrogen (secondary N) is 1. The predicted molar refractivity (Wildman–Crippen MR) is 110 cm³/mol. The van der Waals surface area contributed by atoms with Crippen LogP contribution in [0.25, 0.3) is 16.8 Å². The largest absolute Gasteiger partial charge is 0.360 e. The van der Waals surface area contributed by atoms with Crippen molar-refractivity contribution in [3.05, 3.63) is 75.7 Å². The van der Waals surface area contributed by atoms with E-state index in [2.05, 4.69) is 67.5 Å². The SMILES string of the molecule is CCc1ccc(-c2csc(/C(C#N)=C\Nc3cccc(C)c3C)n2)cc1. The average molecular weight is 359 g/mol. The van der Waals surface area contributed by atoms with Gasteiger partial charge in [0.25, 0.3) is 0 Å². The minimum absolute atomic E-state index is 0.535. The number of rotatable bonds is 5. The Labute approximate surface area is 158 Å². The molecule has 3 aromatic rings. The van der Waals surface area contributed by atoms with Crippen LogP contribution in [0.4, 0.5) is 5.69 Å². The predicted octanol–water partition coefficient (Wildman–Crippen LogP) is 5.97. The summed E-state index contributed by atoms with van der Waals surface area (Å²) in [5, 5.41) is 15.5. The number of thiazole rings is 1. The Hall–Kier alpha value is -2.90. The molecule has 0 unspecified atom stereocenters. The van der Waals surface area contributed by atoms with Crippen molar-refractivity contribution in [2.75, 3.05) is 5.32 Å². The Morgan fingerprint density at radius 2 is 1.96 bits per heavy atom. The van der Waals surface area contributed by atoms with E-state index in [9.17, 15) is 5.26 Å². The van der Waals surface area contributed by atoms with Crippen LogP contribution in [0.15, 0.2) is 54.0 Å². The quantitative estimate of drug-likeness (QED) is 0.571. The van der Waals surface area contributed by atoms with E-state index in [1.54, 1.807) is 6.20 Å². The molecule has 0 saturated heterocycles. The first kappa shape index (κ1) is 17.9. The molecule has 0 radical (unpaired) electrons. The number of hydrogen-bond donors (Lipinski definition) is 1. The first-order valence-electron chi connectivity index (χ1n) is 8.60. The summed E-state index contributed by atoms with van der Waals surface area (Å²) in [6, 6.07) is 16.8. The third-order valence-corrected chi connectivity index (χ3v) is 5.37. The lowest BCUT2D eigenvalue weighted by Crippen LogP contribution is -1.95. The van der Waals surface area contributed by atoms with Crippen LogP contribution in [0.2, 0.25) is 0 Å². The van der Waals surface area contributed by atoms with Crippen molar-refractivity contribution in [2.24, 2.45) is 0 Å². The summed E-state index contributed by atoms with van der Waals surface area (Å²) in [7, 11) is 0. The number of aromatic nitrogens is 1. The Bertz CT molecular complexity index is 975. The van der Waals surface area contributed by atoms with Gasteiger partial charge in [-0.1, -0.05) is 43.3 Å². The maximum atomic E-state index is 9.54. The zero-order valence-corrected chi connectivity index (χ0v) is 16.0. The minimum atomic E-state index is 0.535. The summed E-state index contributed by atoms with van der Waals surface area (Å²) in [6.07, 6.45) is 2.76. The highest BCUT2D eigenvalue weighted by Gasteiger charge is 2.09. The average Bonchev–Trinajstić information content (AvgIpc) is 3.15. The summed E-state index contributed by atoms with van der Waals surface area (Å²) in [4.78, 5) is 4.65. The normalized spacial score (nSPS) is 11.2. The van der Waals surface area contributed by atoms with Crippen LogP contribution >= 0.6 is 11.3 Å². The van der Waals surface area contributed by atoms with Crippen LogP contribution in [0.5, 0.6) is 0 Å². The standard InChI is InChI=1S/C22H21N3S/c1-4-17-8-10-18(11-9-17)21-14-26-22(25-21)19(12-23)13-24-20-7-5-6-15(2)16(20)3/h5-11,13-14,24H,4H2,1-3H3/b19-13-. The van der Waals surface area contributed by atoms with Crippen molar-refractivity contribution in [3.63, 3.8) is 0 Å². The molecular formula is C22H21N3S. The summed E-state index contributed by atoms with van der Waals surface area (Å²) in [5.74, 6) is 0. The molecule has 3 nitrogen and oxygen atoms in total. The fourth-order valence-electron chi connectivity index (χ4n) is 2.64. The molecule has 1 aromatic heterocycles. The van der Waals surface area contributed by atoms with E-state index in [-0.39, 0.29) is 0 Å². The van der Waals surface area contributed by atoms with Gasteiger partial charge in [0.1, 0.15) is 16.6 Å². The number of allylic oxidation sites excluding steroid dienone is 1. The van der Waals surface area contributed by atoms with Crippen LogP contribution in [-0.2, 0) is 6.42 Å². The molecule has 0 spiro atoms. The van der Waals surface area contributed by atoms with Crippen molar-refractivity contribution in [2.45, 2.75) is 27.2 Å². The number of benzene rings is 2. The van der Waals surface area contributed by atoms with Gasteiger partial charge < -0.3 is 5.32 Å². The maximum absolute atomic E-state index is 9.54. The van der Waals surface area contributed by atoms with Gasteiger partial charge in [-0.15, -0.1) is 11.3 Å². The lowest BCUT2D eigenvalue weighted by molar-refractivity contribution is 1.14. The fourth-order valence-corrected chi connectivity index (χ4v) is 3.44. The highest BCUT2D eigenvalue weighted by Crippen LogP contribution is 2.27. The second-order valence-corrected chi connectivity index (χ2v) is 7.01. The summed E-state index contributed by atoms with van der Waals surface area (Å²) < 4.78 is 0. The molecule has 26 heavy (non-hydrogen) atoms. The van der Waals surface area contributed by atoms with Gasteiger partial charge in [0.15, 0.2) is 0 Å². The smallest absolute Gasteiger partial charge is 0.136 e. The third-order valence-electron chi connectivity index (χ3n) is 4.49. The van der Waals surface area contributed by atoms with Crippen molar-refractivity contribution >= 4 is 22.6 Å². The molecule has 1 N–H and O–H groups in total. The molecule has 0 fully saturated rings.